The van der Waals surface area contributed by atoms with Crippen LogP contribution < -0.4 is 16.0 Å². The highest BCUT2D eigenvalue weighted by atomic mass is 16.2. The summed E-state index contributed by atoms with van der Waals surface area (Å²) < 4.78 is 0. The molecular weight excluding hydrogens is 492 g/mol. The van der Waals surface area contributed by atoms with Crippen molar-refractivity contribution in [3.63, 3.8) is 0 Å². The first kappa shape index (κ1) is 30.8. The van der Waals surface area contributed by atoms with Crippen LogP contribution in [0.25, 0.3) is 0 Å². The van der Waals surface area contributed by atoms with E-state index in [2.05, 4.69) is 50.8 Å². The Kier molecular flexibility index (Phi) is 13.0. The summed E-state index contributed by atoms with van der Waals surface area (Å²) in [4.78, 5) is 37.0. The van der Waals surface area contributed by atoms with Gasteiger partial charge in [0, 0.05) is 44.9 Å². The number of amides is 2. The van der Waals surface area contributed by atoms with Crippen molar-refractivity contribution < 1.29 is 9.59 Å². The molecule has 1 atom stereocenters. The number of aromatic nitrogens is 2. The van der Waals surface area contributed by atoms with Crippen molar-refractivity contribution in [1.82, 2.24) is 25.1 Å². The Balaban J connectivity index is 1.88. The van der Waals surface area contributed by atoms with Crippen LogP contribution in [-0.4, -0.2) is 78.4 Å². The number of carbonyl (C=O) groups excluding carboxylic acids is 2. The molecule has 0 bridgehead atoms. The maximum atomic E-state index is 12.4. The molecule has 0 saturated carbocycles. The number of hydrogen-bond acceptors (Lipinski definition) is 8. The molecule has 1 unspecified atom stereocenters. The van der Waals surface area contributed by atoms with E-state index < -0.39 is 6.04 Å². The number of unbranched alkanes of at least 4 members (excludes halogenated alkanes) is 1. The summed E-state index contributed by atoms with van der Waals surface area (Å²) in [6.45, 7) is 5.64. The van der Waals surface area contributed by atoms with Gasteiger partial charge in [0.1, 0.15) is 11.9 Å². The summed E-state index contributed by atoms with van der Waals surface area (Å²) in [5.74, 6) is 6.91. The van der Waals surface area contributed by atoms with Crippen molar-refractivity contribution in [2.24, 2.45) is 0 Å². The fourth-order valence-electron chi connectivity index (χ4n) is 3.21. The van der Waals surface area contributed by atoms with Gasteiger partial charge in [0.25, 0.3) is 0 Å². The maximum absolute atomic E-state index is 12.4. The Bertz CT molecular complexity index is 1220. The average Bonchev–Trinajstić information content (AvgIpc) is 2.93. The summed E-state index contributed by atoms with van der Waals surface area (Å²) in [7, 11) is 5.46. The van der Waals surface area contributed by atoms with Gasteiger partial charge in [-0.15, -0.1) is 0 Å². The van der Waals surface area contributed by atoms with Crippen LogP contribution >= 0.6 is 0 Å². The second-order valence-corrected chi connectivity index (χ2v) is 9.18. The summed E-state index contributed by atoms with van der Waals surface area (Å²) in [6.07, 6.45) is 7.11. The SMILES string of the molecule is CCCNc1nc(Nc2ccc(C#N)cc2)ncc1C#CCCCNC(=O)C(C)N(C)C(=O)C=CCN(C)C. The molecule has 0 spiro atoms. The molecule has 10 nitrogen and oxygen atoms in total. The van der Waals surface area contributed by atoms with E-state index in [1.54, 1.807) is 50.5 Å². The third-order valence-corrected chi connectivity index (χ3v) is 5.64. The molecule has 2 rings (SSSR count). The molecule has 10 heteroatoms. The standard InChI is InChI=1S/C29H38N8O2/c1-6-17-31-27-24(21-33-29(35-27)34-25-15-13-23(20-30)14-16-25)11-8-7-9-18-32-28(39)22(2)37(5)26(38)12-10-19-36(3)4/h10,12-16,21-22H,6-7,9,17-19H2,1-5H3,(H,32,39)(H2,31,33,34,35). The fraction of sp³-hybridized carbons (Fsp3) is 0.414. The molecule has 1 aromatic heterocycles. The molecule has 0 aliphatic rings. The molecule has 1 aromatic carbocycles. The fourth-order valence-corrected chi connectivity index (χ4v) is 3.21. The van der Waals surface area contributed by atoms with Gasteiger partial charge in [-0.2, -0.15) is 10.2 Å². The second-order valence-electron chi connectivity index (χ2n) is 9.18. The molecule has 206 valence electrons. The minimum absolute atomic E-state index is 0.204. The lowest BCUT2D eigenvalue weighted by Gasteiger charge is -2.23. The average molecular weight is 531 g/mol. The highest BCUT2D eigenvalue weighted by molar-refractivity contribution is 5.92. The number of likely N-dealkylation sites (N-methyl/N-ethyl adjacent to an activating group) is 2. The minimum Gasteiger partial charge on any atom is -0.369 e. The number of anilines is 3. The monoisotopic (exact) mass is 530 g/mol. The van der Waals surface area contributed by atoms with Gasteiger partial charge in [-0.05, 0) is 58.1 Å². The van der Waals surface area contributed by atoms with E-state index >= 15 is 0 Å². The number of rotatable bonds is 13. The van der Waals surface area contributed by atoms with Crippen LogP contribution in [0.15, 0.2) is 42.6 Å². The first-order valence-corrected chi connectivity index (χ1v) is 13.0. The van der Waals surface area contributed by atoms with Crippen molar-refractivity contribution in [2.45, 2.75) is 39.2 Å². The molecule has 0 fully saturated rings. The smallest absolute Gasteiger partial charge is 0.246 e. The molecule has 0 aliphatic heterocycles. The zero-order chi connectivity index (χ0) is 28.6. The number of nitriles is 1. The predicted molar refractivity (Wildman–Crippen MR) is 154 cm³/mol. The molecule has 1 heterocycles. The molecule has 39 heavy (non-hydrogen) atoms. The van der Waals surface area contributed by atoms with E-state index in [1.165, 1.54) is 11.0 Å². The van der Waals surface area contributed by atoms with E-state index in [-0.39, 0.29) is 11.8 Å². The molecular formula is C29H38N8O2. The zero-order valence-electron chi connectivity index (χ0n) is 23.4. The van der Waals surface area contributed by atoms with Crippen LogP contribution in [0.3, 0.4) is 0 Å². The van der Waals surface area contributed by atoms with Crippen molar-refractivity contribution >= 4 is 29.3 Å². The number of nitrogens with zero attached hydrogens (tertiary/aromatic N) is 5. The van der Waals surface area contributed by atoms with Gasteiger partial charge in [-0.1, -0.05) is 24.8 Å². The lowest BCUT2D eigenvalue weighted by molar-refractivity contribution is -0.135. The second kappa shape index (κ2) is 16.4. The van der Waals surface area contributed by atoms with E-state index in [0.29, 0.717) is 48.8 Å². The Hall–Kier alpha value is -4.41. The van der Waals surface area contributed by atoms with Gasteiger partial charge < -0.3 is 25.8 Å². The maximum Gasteiger partial charge on any atom is 0.246 e. The number of hydrogen-bond donors (Lipinski definition) is 3. The summed E-state index contributed by atoms with van der Waals surface area (Å²) in [5.41, 5.74) is 2.05. The van der Waals surface area contributed by atoms with E-state index in [0.717, 1.165) is 18.7 Å². The highest BCUT2D eigenvalue weighted by Gasteiger charge is 2.20. The quantitative estimate of drug-likeness (QED) is 0.205. The molecule has 2 amide bonds. The van der Waals surface area contributed by atoms with Gasteiger partial charge >= 0.3 is 0 Å². The zero-order valence-corrected chi connectivity index (χ0v) is 23.4. The topological polar surface area (TPSA) is 126 Å². The molecule has 0 saturated heterocycles. The van der Waals surface area contributed by atoms with Crippen molar-refractivity contribution in [1.29, 1.82) is 5.26 Å². The Labute approximate surface area is 231 Å². The third-order valence-electron chi connectivity index (χ3n) is 5.64. The van der Waals surface area contributed by atoms with Crippen molar-refractivity contribution in [3.8, 4) is 17.9 Å². The lowest BCUT2D eigenvalue weighted by Crippen LogP contribution is -2.45. The first-order chi connectivity index (χ1) is 18.7. The van der Waals surface area contributed by atoms with E-state index in [9.17, 15) is 9.59 Å². The van der Waals surface area contributed by atoms with Gasteiger partial charge in [0.05, 0.1) is 23.4 Å². The van der Waals surface area contributed by atoms with E-state index in [4.69, 9.17) is 5.26 Å². The Morgan fingerprint density at radius 3 is 2.56 bits per heavy atom. The lowest BCUT2D eigenvalue weighted by atomic mass is 10.2. The van der Waals surface area contributed by atoms with Crippen LogP contribution in [0.2, 0.25) is 0 Å². The highest BCUT2D eigenvalue weighted by Crippen LogP contribution is 2.18. The van der Waals surface area contributed by atoms with Gasteiger partial charge in [0.15, 0.2) is 0 Å². The van der Waals surface area contributed by atoms with Crippen LogP contribution in [-0.2, 0) is 9.59 Å². The van der Waals surface area contributed by atoms with Gasteiger partial charge in [0.2, 0.25) is 17.8 Å². The number of carbonyl (C=O) groups is 2. The van der Waals surface area contributed by atoms with Crippen molar-refractivity contribution in [3.05, 3.63) is 53.7 Å². The third kappa shape index (κ3) is 10.8. The van der Waals surface area contributed by atoms with E-state index in [1.807, 2.05) is 19.0 Å². The predicted octanol–water partition coefficient (Wildman–Crippen LogP) is 3.13. The largest absolute Gasteiger partial charge is 0.369 e. The summed E-state index contributed by atoms with van der Waals surface area (Å²) in [6, 6.07) is 8.57. The molecule has 2 aromatic rings. The first-order valence-electron chi connectivity index (χ1n) is 13.0. The number of nitrogens with one attached hydrogen (secondary N) is 3. The molecule has 3 N–H and O–H groups in total. The Morgan fingerprint density at radius 2 is 1.90 bits per heavy atom. The molecule has 0 aliphatic carbocycles. The minimum atomic E-state index is -0.576. The van der Waals surface area contributed by atoms with Gasteiger partial charge in [-0.25, -0.2) is 4.98 Å². The van der Waals surface area contributed by atoms with Gasteiger partial charge in [-0.3, -0.25) is 9.59 Å². The molecule has 0 radical (unpaired) electrons. The van der Waals surface area contributed by atoms with Crippen LogP contribution in [0.4, 0.5) is 17.5 Å². The van der Waals surface area contributed by atoms with Crippen LogP contribution in [0.1, 0.15) is 44.2 Å². The number of benzene rings is 1. The summed E-state index contributed by atoms with van der Waals surface area (Å²) >= 11 is 0. The van der Waals surface area contributed by atoms with Crippen LogP contribution in [0, 0.1) is 23.2 Å². The Morgan fingerprint density at radius 1 is 1.15 bits per heavy atom. The van der Waals surface area contributed by atoms with Crippen LogP contribution in [0.5, 0.6) is 0 Å². The normalized spacial score (nSPS) is 11.3. The summed E-state index contributed by atoms with van der Waals surface area (Å²) in [5, 5.41) is 18.3. The van der Waals surface area contributed by atoms with Crippen molar-refractivity contribution in [2.75, 3.05) is 51.4 Å².